The zero-order valence-corrected chi connectivity index (χ0v) is 12.4. The average Bonchev–Trinajstić information content (AvgIpc) is 3.12. The number of nitrogens with zero attached hydrogens (tertiary/aromatic N) is 2. The van der Waals surface area contributed by atoms with Crippen LogP contribution in [0.25, 0.3) is 0 Å². The summed E-state index contributed by atoms with van der Waals surface area (Å²) < 4.78 is 1.36. The van der Waals surface area contributed by atoms with Crippen LogP contribution in [0.2, 0.25) is 0 Å². The van der Waals surface area contributed by atoms with Crippen LogP contribution in [0.5, 0.6) is 0 Å². The molecule has 1 aromatic rings. The van der Waals surface area contributed by atoms with E-state index >= 15 is 0 Å². The first-order valence-electron chi connectivity index (χ1n) is 7.53. The lowest BCUT2D eigenvalue weighted by atomic mass is 9.84. The van der Waals surface area contributed by atoms with Crippen molar-refractivity contribution < 1.29 is 14.7 Å². The normalized spacial score (nSPS) is 28.6. The van der Waals surface area contributed by atoms with E-state index in [0.29, 0.717) is 11.8 Å². The standard InChI is InChI=1S/C15H21N3O3/c1-8(11-6-9-3-4-10(11)5-9)16-14(19)13-12(15(20)21)7-18(2)17-13/h7-11H,3-6H2,1-2H3,(H,16,19)(H,20,21)/t8-,9-,10-,11+/m0/s1. The molecule has 1 aromatic heterocycles. The van der Waals surface area contributed by atoms with Gasteiger partial charge in [0.1, 0.15) is 5.56 Å². The summed E-state index contributed by atoms with van der Waals surface area (Å²) in [7, 11) is 1.61. The molecule has 0 aromatic carbocycles. The van der Waals surface area contributed by atoms with Crippen molar-refractivity contribution in [3.8, 4) is 0 Å². The zero-order chi connectivity index (χ0) is 15.1. The van der Waals surface area contributed by atoms with Gasteiger partial charge in [0, 0.05) is 19.3 Å². The predicted molar refractivity (Wildman–Crippen MR) is 76.0 cm³/mol. The second-order valence-corrected chi connectivity index (χ2v) is 6.47. The van der Waals surface area contributed by atoms with Gasteiger partial charge in [-0.2, -0.15) is 5.10 Å². The summed E-state index contributed by atoms with van der Waals surface area (Å²) in [5.41, 5.74) is -0.0462. The first-order valence-corrected chi connectivity index (χ1v) is 7.53. The van der Waals surface area contributed by atoms with Crippen LogP contribution in [0.3, 0.4) is 0 Å². The van der Waals surface area contributed by atoms with Crippen LogP contribution in [0.1, 0.15) is 53.5 Å². The number of hydrogen-bond donors (Lipinski definition) is 2. The lowest BCUT2D eigenvalue weighted by Crippen LogP contribution is -2.40. The van der Waals surface area contributed by atoms with Crippen molar-refractivity contribution in [1.82, 2.24) is 15.1 Å². The molecule has 2 aliphatic carbocycles. The van der Waals surface area contributed by atoms with Crippen LogP contribution >= 0.6 is 0 Å². The molecule has 0 aliphatic heterocycles. The Labute approximate surface area is 123 Å². The molecule has 2 N–H and O–H groups in total. The molecule has 6 heteroatoms. The highest BCUT2D eigenvalue weighted by molar-refractivity contribution is 6.03. The molecular formula is C15H21N3O3. The van der Waals surface area contributed by atoms with Gasteiger partial charge < -0.3 is 10.4 Å². The van der Waals surface area contributed by atoms with Gasteiger partial charge in [0.05, 0.1) is 0 Å². The van der Waals surface area contributed by atoms with E-state index in [1.807, 2.05) is 6.92 Å². The van der Waals surface area contributed by atoms with Gasteiger partial charge in [-0.25, -0.2) is 4.79 Å². The number of fused-ring (bicyclic) bond motifs is 2. The minimum absolute atomic E-state index is 0.00000591. The van der Waals surface area contributed by atoms with E-state index in [1.165, 1.54) is 36.6 Å². The number of aromatic nitrogens is 2. The molecule has 1 amide bonds. The largest absolute Gasteiger partial charge is 0.478 e. The summed E-state index contributed by atoms with van der Waals surface area (Å²) in [5, 5.41) is 16.1. The number of aryl methyl sites for hydroxylation is 1. The summed E-state index contributed by atoms with van der Waals surface area (Å²) in [5.74, 6) is 0.547. The summed E-state index contributed by atoms with van der Waals surface area (Å²) in [6.07, 6.45) is 6.42. The Morgan fingerprint density at radius 2 is 2.19 bits per heavy atom. The number of amides is 1. The van der Waals surface area contributed by atoms with Gasteiger partial charge in [0.2, 0.25) is 0 Å². The van der Waals surface area contributed by atoms with Gasteiger partial charge in [-0.05, 0) is 43.9 Å². The third kappa shape index (κ3) is 2.54. The molecule has 114 valence electrons. The fourth-order valence-electron chi connectivity index (χ4n) is 4.10. The fourth-order valence-corrected chi connectivity index (χ4v) is 4.10. The minimum Gasteiger partial charge on any atom is -0.478 e. The Bertz CT molecular complexity index is 581. The van der Waals surface area contributed by atoms with Crippen molar-refractivity contribution in [2.75, 3.05) is 0 Å². The summed E-state index contributed by atoms with van der Waals surface area (Å²) in [6, 6.07) is 0.0662. The maximum Gasteiger partial charge on any atom is 0.339 e. The van der Waals surface area contributed by atoms with Crippen molar-refractivity contribution in [3.05, 3.63) is 17.5 Å². The van der Waals surface area contributed by atoms with Crippen LogP contribution in [0, 0.1) is 17.8 Å². The number of aromatic carboxylic acids is 1. The van der Waals surface area contributed by atoms with Crippen LogP contribution in [0.15, 0.2) is 6.20 Å². The minimum atomic E-state index is -1.12. The van der Waals surface area contributed by atoms with Crippen molar-refractivity contribution in [2.45, 2.75) is 38.6 Å². The number of carbonyl (C=O) groups is 2. The third-order valence-electron chi connectivity index (χ3n) is 5.07. The van der Waals surface area contributed by atoms with Gasteiger partial charge in [0.25, 0.3) is 5.91 Å². The van der Waals surface area contributed by atoms with Gasteiger partial charge in [0.15, 0.2) is 5.69 Å². The molecule has 4 atom stereocenters. The second kappa shape index (κ2) is 5.16. The van der Waals surface area contributed by atoms with E-state index in [-0.39, 0.29) is 23.2 Å². The number of carboxylic acids is 1. The molecule has 0 spiro atoms. The summed E-state index contributed by atoms with van der Waals surface area (Å²) in [4.78, 5) is 23.5. The number of nitrogens with one attached hydrogen (secondary N) is 1. The summed E-state index contributed by atoms with van der Waals surface area (Å²) in [6.45, 7) is 2.02. The Morgan fingerprint density at radius 3 is 2.76 bits per heavy atom. The molecule has 2 fully saturated rings. The molecule has 2 bridgehead atoms. The molecule has 21 heavy (non-hydrogen) atoms. The Hall–Kier alpha value is -1.85. The number of carboxylic acid groups (broad SMARTS) is 1. The number of rotatable bonds is 4. The van der Waals surface area contributed by atoms with Gasteiger partial charge in [-0.15, -0.1) is 0 Å². The van der Waals surface area contributed by atoms with Gasteiger partial charge in [-0.1, -0.05) is 6.42 Å². The second-order valence-electron chi connectivity index (χ2n) is 6.47. The molecule has 6 nitrogen and oxygen atoms in total. The van der Waals surface area contributed by atoms with Crippen molar-refractivity contribution >= 4 is 11.9 Å². The van der Waals surface area contributed by atoms with E-state index in [9.17, 15) is 9.59 Å². The molecule has 2 saturated carbocycles. The van der Waals surface area contributed by atoms with Crippen LogP contribution in [0.4, 0.5) is 0 Å². The first-order chi connectivity index (χ1) is 9.95. The first kappa shape index (κ1) is 14.1. The lowest BCUT2D eigenvalue weighted by Gasteiger charge is -2.28. The zero-order valence-electron chi connectivity index (χ0n) is 12.4. The quantitative estimate of drug-likeness (QED) is 0.884. The van der Waals surface area contributed by atoms with E-state index in [4.69, 9.17) is 5.11 Å². The molecule has 0 radical (unpaired) electrons. The maximum atomic E-state index is 12.3. The van der Waals surface area contributed by atoms with E-state index in [0.717, 1.165) is 5.92 Å². The van der Waals surface area contributed by atoms with Crippen molar-refractivity contribution in [2.24, 2.45) is 24.8 Å². The monoisotopic (exact) mass is 291 g/mol. The highest BCUT2D eigenvalue weighted by atomic mass is 16.4. The molecule has 0 unspecified atom stereocenters. The van der Waals surface area contributed by atoms with Crippen LogP contribution in [-0.4, -0.2) is 32.8 Å². The number of carbonyl (C=O) groups excluding carboxylic acids is 1. The fraction of sp³-hybridized carbons (Fsp3) is 0.667. The highest BCUT2D eigenvalue weighted by Gasteiger charge is 2.42. The Kier molecular flexibility index (Phi) is 3.47. The average molecular weight is 291 g/mol. The Balaban J connectivity index is 1.70. The van der Waals surface area contributed by atoms with E-state index in [1.54, 1.807) is 7.05 Å². The van der Waals surface area contributed by atoms with Crippen LogP contribution < -0.4 is 5.32 Å². The number of hydrogen-bond acceptors (Lipinski definition) is 3. The highest BCUT2D eigenvalue weighted by Crippen LogP contribution is 2.49. The lowest BCUT2D eigenvalue weighted by molar-refractivity contribution is 0.0689. The SMILES string of the molecule is C[C@H](NC(=O)c1nn(C)cc1C(=O)O)[C@H]1C[C@H]2CC[C@H]1C2. The molecule has 1 heterocycles. The van der Waals surface area contributed by atoms with Gasteiger partial charge >= 0.3 is 5.97 Å². The Morgan fingerprint density at radius 1 is 1.43 bits per heavy atom. The van der Waals surface area contributed by atoms with Crippen molar-refractivity contribution in [1.29, 1.82) is 0 Å². The predicted octanol–water partition coefficient (Wildman–Crippen LogP) is 1.67. The molecule has 3 rings (SSSR count). The van der Waals surface area contributed by atoms with Gasteiger partial charge in [-0.3, -0.25) is 9.48 Å². The topological polar surface area (TPSA) is 84.2 Å². The molecular weight excluding hydrogens is 270 g/mol. The smallest absolute Gasteiger partial charge is 0.339 e. The maximum absolute atomic E-state index is 12.3. The van der Waals surface area contributed by atoms with Crippen molar-refractivity contribution in [3.63, 3.8) is 0 Å². The van der Waals surface area contributed by atoms with Crippen LogP contribution in [-0.2, 0) is 7.05 Å². The van der Waals surface area contributed by atoms with E-state index in [2.05, 4.69) is 10.4 Å². The molecule has 0 saturated heterocycles. The summed E-state index contributed by atoms with van der Waals surface area (Å²) >= 11 is 0. The molecule has 2 aliphatic rings. The third-order valence-corrected chi connectivity index (χ3v) is 5.07. The van der Waals surface area contributed by atoms with E-state index < -0.39 is 5.97 Å².